The summed E-state index contributed by atoms with van der Waals surface area (Å²) in [5, 5.41) is 3.45. The molecule has 25 heavy (non-hydrogen) atoms. The highest BCUT2D eigenvalue weighted by Crippen LogP contribution is 2.23. The molecule has 0 atom stereocenters. The second kappa shape index (κ2) is 7.40. The van der Waals surface area contributed by atoms with Crippen molar-refractivity contribution in [2.45, 2.75) is 12.1 Å². The molecule has 2 N–H and O–H groups in total. The molecule has 0 fully saturated rings. The van der Waals surface area contributed by atoms with Crippen molar-refractivity contribution in [2.75, 3.05) is 18.2 Å². The number of methoxy groups -OCH3 is 1. The number of ketones is 1. The Balaban J connectivity index is 1.62. The van der Waals surface area contributed by atoms with Crippen LogP contribution in [-0.2, 0) is 4.79 Å². The molecule has 128 valence electrons. The van der Waals surface area contributed by atoms with Crippen LogP contribution in [0.5, 0.6) is 5.75 Å². The zero-order chi connectivity index (χ0) is 17.8. The van der Waals surface area contributed by atoms with Crippen LogP contribution in [0.2, 0.25) is 0 Å². The van der Waals surface area contributed by atoms with E-state index in [4.69, 9.17) is 4.74 Å². The van der Waals surface area contributed by atoms with Gasteiger partial charge in [0.2, 0.25) is 5.91 Å². The van der Waals surface area contributed by atoms with E-state index in [2.05, 4.69) is 15.3 Å². The molecule has 0 saturated carbocycles. The molecule has 0 aliphatic rings. The van der Waals surface area contributed by atoms with Gasteiger partial charge in [0, 0.05) is 17.3 Å². The number of imidazole rings is 1. The molecule has 1 heterocycles. The average Bonchev–Trinajstić information content (AvgIpc) is 3.02. The number of anilines is 1. The molecule has 0 saturated heterocycles. The SMILES string of the molecule is COc1ccc2nc(SCC(=O)Nc3cccc(C(C)=O)c3)[nH]c2c1. The van der Waals surface area contributed by atoms with Crippen LogP contribution in [0.3, 0.4) is 0 Å². The van der Waals surface area contributed by atoms with Gasteiger partial charge in [-0.3, -0.25) is 9.59 Å². The Hall–Kier alpha value is -2.80. The van der Waals surface area contributed by atoms with Crippen LogP contribution >= 0.6 is 11.8 Å². The van der Waals surface area contributed by atoms with Gasteiger partial charge in [0.15, 0.2) is 10.9 Å². The minimum atomic E-state index is -0.163. The summed E-state index contributed by atoms with van der Waals surface area (Å²) in [6.45, 7) is 1.49. The van der Waals surface area contributed by atoms with Gasteiger partial charge in [0.25, 0.3) is 0 Å². The molecule has 3 aromatic rings. The van der Waals surface area contributed by atoms with Crippen molar-refractivity contribution in [3.05, 3.63) is 48.0 Å². The number of fused-ring (bicyclic) bond motifs is 1. The third kappa shape index (κ3) is 4.19. The lowest BCUT2D eigenvalue weighted by atomic mass is 10.1. The summed E-state index contributed by atoms with van der Waals surface area (Å²) in [6.07, 6.45) is 0. The molecule has 0 aliphatic heterocycles. The molecule has 0 radical (unpaired) electrons. The standard InChI is InChI=1S/C18H17N3O3S/c1-11(22)12-4-3-5-13(8-12)19-17(23)10-25-18-20-15-7-6-14(24-2)9-16(15)21-18/h3-9H,10H2,1-2H3,(H,19,23)(H,20,21). The first-order chi connectivity index (χ1) is 12.0. The Morgan fingerprint density at radius 1 is 1.24 bits per heavy atom. The summed E-state index contributed by atoms with van der Waals surface area (Å²) in [7, 11) is 1.61. The van der Waals surface area contributed by atoms with Crippen LogP contribution in [0.25, 0.3) is 11.0 Å². The van der Waals surface area contributed by atoms with E-state index in [-0.39, 0.29) is 17.4 Å². The normalized spacial score (nSPS) is 10.6. The fraction of sp³-hybridized carbons (Fsp3) is 0.167. The Morgan fingerprint density at radius 3 is 2.84 bits per heavy atom. The van der Waals surface area contributed by atoms with Crippen LogP contribution in [0.15, 0.2) is 47.6 Å². The van der Waals surface area contributed by atoms with Crippen molar-refractivity contribution >= 4 is 40.2 Å². The molecular weight excluding hydrogens is 338 g/mol. The first-order valence-corrected chi connectivity index (χ1v) is 8.61. The second-order valence-electron chi connectivity index (χ2n) is 5.40. The number of hydrogen-bond acceptors (Lipinski definition) is 5. The number of nitrogens with one attached hydrogen (secondary N) is 2. The van der Waals surface area contributed by atoms with E-state index in [1.54, 1.807) is 31.4 Å². The van der Waals surface area contributed by atoms with Crippen LogP contribution in [0.4, 0.5) is 5.69 Å². The Bertz CT molecular complexity index is 936. The number of amides is 1. The number of benzene rings is 2. The number of ether oxygens (including phenoxy) is 1. The molecule has 6 nitrogen and oxygen atoms in total. The highest BCUT2D eigenvalue weighted by Gasteiger charge is 2.09. The smallest absolute Gasteiger partial charge is 0.234 e. The van der Waals surface area contributed by atoms with Gasteiger partial charge >= 0.3 is 0 Å². The third-order valence-corrected chi connectivity index (χ3v) is 4.43. The van der Waals surface area contributed by atoms with Crippen molar-refractivity contribution in [3.63, 3.8) is 0 Å². The van der Waals surface area contributed by atoms with Crippen molar-refractivity contribution in [1.82, 2.24) is 9.97 Å². The number of carbonyl (C=O) groups is 2. The van der Waals surface area contributed by atoms with E-state index < -0.39 is 0 Å². The van der Waals surface area contributed by atoms with Gasteiger partial charge in [-0.2, -0.15) is 0 Å². The summed E-state index contributed by atoms with van der Waals surface area (Å²) in [5.41, 5.74) is 2.85. The van der Waals surface area contributed by atoms with Crippen molar-refractivity contribution < 1.29 is 14.3 Å². The zero-order valence-electron chi connectivity index (χ0n) is 13.8. The highest BCUT2D eigenvalue weighted by atomic mass is 32.2. The summed E-state index contributed by atoms with van der Waals surface area (Å²) in [5.74, 6) is 0.754. The second-order valence-corrected chi connectivity index (χ2v) is 6.36. The fourth-order valence-corrected chi connectivity index (χ4v) is 2.99. The number of nitrogens with zero attached hydrogens (tertiary/aromatic N) is 1. The molecule has 7 heteroatoms. The lowest BCUT2D eigenvalue weighted by Crippen LogP contribution is -2.14. The predicted molar refractivity (Wildman–Crippen MR) is 98.4 cm³/mol. The first kappa shape index (κ1) is 17.0. The number of H-pyrrole nitrogens is 1. The number of carbonyl (C=O) groups excluding carboxylic acids is 2. The quantitative estimate of drug-likeness (QED) is 0.522. The van der Waals surface area contributed by atoms with E-state index in [0.717, 1.165) is 16.8 Å². The lowest BCUT2D eigenvalue weighted by Gasteiger charge is -2.05. The molecular formula is C18H17N3O3S. The van der Waals surface area contributed by atoms with E-state index >= 15 is 0 Å². The number of aromatic amines is 1. The molecule has 1 amide bonds. The van der Waals surface area contributed by atoms with E-state index in [1.165, 1.54) is 18.7 Å². The van der Waals surface area contributed by atoms with E-state index in [9.17, 15) is 9.59 Å². The molecule has 0 spiro atoms. The Kier molecular flexibility index (Phi) is 5.04. The maximum absolute atomic E-state index is 12.1. The number of hydrogen-bond donors (Lipinski definition) is 2. The van der Waals surface area contributed by atoms with Gasteiger partial charge in [-0.1, -0.05) is 23.9 Å². The Morgan fingerprint density at radius 2 is 2.08 bits per heavy atom. The topological polar surface area (TPSA) is 84.1 Å². The first-order valence-electron chi connectivity index (χ1n) is 7.62. The monoisotopic (exact) mass is 355 g/mol. The van der Waals surface area contributed by atoms with Crippen molar-refractivity contribution in [1.29, 1.82) is 0 Å². The summed E-state index contributed by atoms with van der Waals surface area (Å²) in [4.78, 5) is 31.1. The number of aromatic nitrogens is 2. The molecule has 3 rings (SSSR count). The number of rotatable bonds is 6. The highest BCUT2D eigenvalue weighted by molar-refractivity contribution is 7.99. The lowest BCUT2D eigenvalue weighted by molar-refractivity contribution is -0.113. The third-order valence-electron chi connectivity index (χ3n) is 3.56. The predicted octanol–water partition coefficient (Wildman–Crippen LogP) is 3.50. The van der Waals surface area contributed by atoms with Gasteiger partial charge in [0.1, 0.15) is 5.75 Å². The molecule has 2 aromatic carbocycles. The van der Waals surface area contributed by atoms with Crippen molar-refractivity contribution in [3.8, 4) is 5.75 Å². The fourth-order valence-electron chi connectivity index (χ4n) is 2.31. The Labute approximate surface area is 149 Å². The molecule has 0 aliphatic carbocycles. The van der Waals surface area contributed by atoms with Crippen molar-refractivity contribution in [2.24, 2.45) is 0 Å². The summed E-state index contributed by atoms with van der Waals surface area (Å²) in [6, 6.07) is 12.4. The molecule has 0 bridgehead atoms. The summed E-state index contributed by atoms with van der Waals surface area (Å²) >= 11 is 1.31. The van der Waals surface area contributed by atoms with Crippen LogP contribution in [0, 0.1) is 0 Å². The minimum Gasteiger partial charge on any atom is -0.497 e. The summed E-state index contributed by atoms with van der Waals surface area (Å²) < 4.78 is 5.18. The van der Waals surface area contributed by atoms with Gasteiger partial charge in [-0.15, -0.1) is 0 Å². The van der Waals surface area contributed by atoms with Gasteiger partial charge in [-0.05, 0) is 31.2 Å². The largest absolute Gasteiger partial charge is 0.497 e. The van der Waals surface area contributed by atoms with E-state index in [0.29, 0.717) is 16.4 Å². The number of thioether (sulfide) groups is 1. The maximum Gasteiger partial charge on any atom is 0.234 e. The van der Waals surface area contributed by atoms with Gasteiger partial charge in [-0.25, -0.2) is 4.98 Å². The maximum atomic E-state index is 12.1. The average molecular weight is 355 g/mol. The van der Waals surface area contributed by atoms with E-state index in [1.807, 2.05) is 18.2 Å². The molecule has 0 unspecified atom stereocenters. The van der Waals surface area contributed by atoms with Crippen LogP contribution < -0.4 is 10.1 Å². The number of Topliss-reactive ketones (excluding diaryl/α,β-unsaturated/α-hetero) is 1. The zero-order valence-corrected chi connectivity index (χ0v) is 14.6. The van der Waals surface area contributed by atoms with Gasteiger partial charge < -0.3 is 15.0 Å². The minimum absolute atomic E-state index is 0.0387. The molecule has 1 aromatic heterocycles. The van der Waals surface area contributed by atoms with Crippen LogP contribution in [0.1, 0.15) is 17.3 Å². The van der Waals surface area contributed by atoms with Crippen LogP contribution in [-0.4, -0.2) is 34.5 Å². The van der Waals surface area contributed by atoms with Gasteiger partial charge in [0.05, 0.1) is 23.9 Å².